The number of anilines is 1. The quantitative estimate of drug-likeness (QED) is 0.377. The molecule has 0 aliphatic carbocycles. The maximum atomic E-state index is 6.13. The van der Waals surface area contributed by atoms with Gasteiger partial charge in [0, 0.05) is 42.4 Å². The number of guanidine groups is 1. The van der Waals surface area contributed by atoms with Gasteiger partial charge in [-0.1, -0.05) is 17.7 Å². The first-order valence-electron chi connectivity index (χ1n) is 9.41. The van der Waals surface area contributed by atoms with Crippen LogP contribution < -0.4 is 15.5 Å². The minimum Gasteiger partial charge on any atom is -0.369 e. The van der Waals surface area contributed by atoms with Gasteiger partial charge in [-0.2, -0.15) is 0 Å². The molecule has 0 saturated carbocycles. The lowest BCUT2D eigenvalue weighted by atomic mass is 10.2. The van der Waals surface area contributed by atoms with Crippen LogP contribution in [0.1, 0.15) is 26.2 Å². The van der Waals surface area contributed by atoms with Crippen molar-refractivity contribution in [1.82, 2.24) is 15.5 Å². The van der Waals surface area contributed by atoms with Crippen molar-refractivity contribution in [3.8, 4) is 0 Å². The highest BCUT2D eigenvalue weighted by molar-refractivity contribution is 14.0. The third kappa shape index (κ3) is 5.89. The zero-order chi connectivity index (χ0) is 17.6. The first-order chi connectivity index (χ1) is 12.2. The zero-order valence-electron chi connectivity index (χ0n) is 15.7. The van der Waals surface area contributed by atoms with Crippen LogP contribution in [0.2, 0.25) is 5.02 Å². The molecule has 0 bridgehead atoms. The second-order valence-electron chi connectivity index (χ2n) is 7.05. The van der Waals surface area contributed by atoms with Crippen LogP contribution in [0.25, 0.3) is 0 Å². The summed E-state index contributed by atoms with van der Waals surface area (Å²) in [4.78, 5) is 9.64. The SMILES string of the molecule is CCNC(=NCC1CCCN1C)NC1CCN(c2cccc(Cl)c2)C1.I. The van der Waals surface area contributed by atoms with E-state index < -0.39 is 0 Å². The first-order valence-corrected chi connectivity index (χ1v) is 9.79. The van der Waals surface area contributed by atoms with Crippen LogP contribution >= 0.6 is 35.6 Å². The molecule has 146 valence electrons. The van der Waals surface area contributed by atoms with Crippen molar-refractivity contribution >= 4 is 47.2 Å². The van der Waals surface area contributed by atoms with Crippen molar-refractivity contribution in [1.29, 1.82) is 0 Å². The Morgan fingerprint density at radius 2 is 2.15 bits per heavy atom. The number of halogens is 2. The van der Waals surface area contributed by atoms with Crippen LogP contribution in [0, 0.1) is 0 Å². The highest BCUT2D eigenvalue weighted by Gasteiger charge is 2.24. The fourth-order valence-electron chi connectivity index (χ4n) is 3.71. The third-order valence-electron chi connectivity index (χ3n) is 5.18. The largest absolute Gasteiger partial charge is 0.369 e. The van der Waals surface area contributed by atoms with E-state index >= 15 is 0 Å². The molecule has 1 aromatic rings. The van der Waals surface area contributed by atoms with Gasteiger partial charge in [-0.25, -0.2) is 0 Å². The molecule has 2 atom stereocenters. The van der Waals surface area contributed by atoms with Gasteiger partial charge in [-0.05, 0) is 58.0 Å². The summed E-state index contributed by atoms with van der Waals surface area (Å²) in [5.41, 5.74) is 1.20. The van der Waals surface area contributed by atoms with Gasteiger partial charge in [-0.15, -0.1) is 24.0 Å². The Balaban J connectivity index is 0.00000243. The Labute approximate surface area is 179 Å². The average molecular weight is 492 g/mol. The first kappa shape index (κ1) is 21.6. The summed E-state index contributed by atoms with van der Waals surface area (Å²) in [5, 5.41) is 7.80. The fourth-order valence-corrected chi connectivity index (χ4v) is 3.89. The van der Waals surface area contributed by atoms with Crippen LogP contribution in [0.5, 0.6) is 0 Å². The molecule has 2 aliphatic rings. The van der Waals surface area contributed by atoms with Crippen molar-refractivity contribution in [2.45, 2.75) is 38.3 Å². The van der Waals surface area contributed by atoms with E-state index in [-0.39, 0.29) is 24.0 Å². The lowest BCUT2D eigenvalue weighted by molar-refractivity contribution is 0.317. The van der Waals surface area contributed by atoms with Crippen LogP contribution in [0.3, 0.4) is 0 Å². The Kier molecular flexibility index (Phi) is 8.76. The van der Waals surface area contributed by atoms with Crippen molar-refractivity contribution in [2.75, 3.05) is 44.7 Å². The van der Waals surface area contributed by atoms with E-state index in [1.165, 1.54) is 25.1 Å². The molecular formula is C19H31ClIN5. The highest BCUT2D eigenvalue weighted by atomic mass is 127. The van der Waals surface area contributed by atoms with Crippen molar-refractivity contribution in [3.63, 3.8) is 0 Å². The molecule has 2 fully saturated rings. The summed E-state index contributed by atoms with van der Waals surface area (Å²) in [6, 6.07) is 9.11. The Hall–Kier alpha value is -0.730. The van der Waals surface area contributed by atoms with Crippen molar-refractivity contribution < 1.29 is 0 Å². The van der Waals surface area contributed by atoms with Gasteiger partial charge < -0.3 is 20.4 Å². The fraction of sp³-hybridized carbons (Fsp3) is 0.632. The molecule has 2 heterocycles. The van der Waals surface area contributed by atoms with Gasteiger partial charge in [0.15, 0.2) is 5.96 Å². The molecule has 1 aromatic carbocycles. The van der Waals surface area contributed by atoms with Gasteiger partial charge in [0.2, 0.25) is 0 Å². The number of hydrogen-bond donors (Lipinski definition) is 2. The molecule has 26 heavy (non-hydrogen) atoms. The maximum Gasteiger partial charge on any atom is 0.191 e. The van der Waals surface area contributed by atoms with Crippen LogP contribution in [-0.2, 0) is 0 Å². The van der Waals surface area contributed by atoms with Crippen molar-refractivity contribution in [3.05, 3.63) is 29.3 Å². The Morgan fingerprint density at radius 1 is 1.31 bits per heavy atom. The topological polar surface area (TPSA) is 42.9 Å². The molecule has 3 rings (SSSR count). The normalized spacial score (nSPS) is 23.8. The number of hydrogen-bond acceptors (Lipinski definition) is 3. The summed E-state index contributed by atoms with van der Waals surface area (Å²) >= 11 is 6.13. The minimum absolute atomic E-state index is 0. The second kappa shape index (κ2) is 10.6. The predicted octanol–water partition coefficient (Wildman–Crippen LogP) is 3.19. The highest BCUT2D eigenvalue weighted by Crippen LogP contribution is 2.23. The number of nitrogens with one attached hydrogen (secondary N) is 2. The van der Waals surface area contributed by atoms with E-state index in [0.717, 1.165) is 43.6 Å². The van der Waals surface area contributed by atoms with Gasteiger partial charge in [0.25, 0.3) is 0 Å². The van der Waals surface area contributed by atoms with Crippen molar-refractivity contribution in [2.24, 2.45) is 4.99 Å². The molecule has 2 unspecified atom stereocenters. The van der Waals surface area contributed by atoms with Gasteiger partial charge in [0.05, 0.1) is 6.54 Å². The maximum absolute atomic E-state index is 6.13. The predicted molar refractivity (Wildman–Crippen MR) is 122 cm³/mol. The third-order valence-corrected chi connectivity index (χ3v) is 5.41. The summed E-state index contributed by atoms with van der Waals surface area (Å²) in [6.07, 6.45) is 3.66. The smallest absolute Gasteiger partial charge is 0.191 e. The molecule has 0 spiro atoms. The number of likely N-dealkylation sites (N-methyl/N-ethyl adjacent to an activating group) is 1. The van der Waals surface area contributed by atoms with Crippen LogP contribution in [-0.4, -0.2) is 62.7 Å². The van der Waals surface area contributed by atoms with Crippen LogP contribution in [0.15, 0.2) is 29.3 Å². The molecule has 2 aliphatic heterocycles. The summed E-state index contributed by atoms with van der Waals surface area (Å²) in [6.45, 7) is 7.09. The summed E-state index contributed by atoms with van der Waals surface area (Å²) in [7, 11) is 2.20. The lowest BCUT2D eigenvalue weighted by Crippen LogP contribution is -2.45. The van der Waals surface area contributed by atoms with E-state index in [2.05, 4.69) is 40.5 Å². The van der Waals surface area contributed by atoms with Gasteiger partial charge in [-0.3, -0.25) is 4.99 Å². The monoisotopic (exact) mass is 491 g/mol. The molecule has 0 amide bonds. The molecule has 7 heteroatoms. The van der Waals surface area contributed by atoms with Gasteiger partial charge in [0.1, 0.15) is 0 Å². The minimum atomic E-state index is 0. The van der Waals surface area contributed by atoms with E-state index in [0.29, 0.717) is 12.1 Å². The number of likely N-dealkylation sites (tertiary alicyclic amines) is 1. The standard InChI is InChI=1S/C19H30ClN5.HI/c1-3-21-19(22-13-18-8-5-10-24(18)2)23-16-9-11-25(14-16)17-7-4-6-15(20)12-17;/h4,6-7,12,16,18H,3,5,8-11,13-14H2,1-2H3,(H2,21,22,23);1H. The molecule has 0 radical (unpaired) electrons. The number of rotatable bonds is 5. The molecule has 2 saturated heterocycles. The van der Waals surface area contributed by atoms with E-state index in [9.17, 15) is 0 Å². The van der Waals surface area contributed by atoms with Gasteiger partial charge >= 0.3 is 0 Å². The van der Waals surface area contributed by atoms with E-state index in [1.54, 1.807) is 0 Å². The Morgan fingerprint density at radius 3 is 2.85 bits per heavy atom. The van der Waals surface area contributed by atoms with E-state index in [1.807, 2.05) is 18.2 Å². The average Bonchev–Trinajstić information content (AvgIpc) is 3.22. The Bertz CT molecular complexity index is 597. The number of aliphatic imine (C=N–C) groups is 1. The zero-order valence-corrected chi connectivity index (χ0v) is 18.8. The summed E-state index contributed by atoms with van der Waals surface area (Å²) < 4.78 is 0. The summed E-state index contributed by atoms with van der Waals surface area (Å²) in [5.74, 6) is 0.945. The molecular weight excluding hydrogens is 461 g/mol. The molecule has 0 aromatic heterocycles. The molecule has 2 N–H and O–H groups in total. The molecule has 5 nitrogen and oxygen atoms in total. The van der Waals surface area contributed by atoms with Crippen LogP contribution in [0.4, 0.5) is 5.69 Å². The number of benzene rings is 1. The lowest BCUT2D eigenvalue weighted by Gasteiger charge is -2.21. The van der Waals surface area contributed by atoms with E-state index in [4.69, 9.17) is 16.6 Å². The number of nitrogens with zero attached hydrogens (tertiary/aromatic N) is 3. The second-order valence-corrected chi connectivity index (χ2v) is 7.49.